The number of hydrogen-bond donors (Lipinski definition) is 2. The van der Waals surface area contributed by atoms with E-state index in [1.165, 1.54) is 12.1 Å². The van der Waals surface area contributed by atoms with E-state index in [1.54, 1.807) is 13.0 Å². The Morgan fingerprint density at radius 1 is 1.56 bits per heavy atom. The molecular formula is C10H11Cl2NO3. The Labute approximate surface area is 103 Å². The third-order valence-electron chi connectivity index (χ3n) is 2.10. The van der Waals surface area contributed by atoms with Crippen LogP contribution >= 0.6 is 23.2 Å². The van der Waals surface area contributed by atoms with Crippen LogP contribution in [0.4, 0.5) is 4.79 Å². The summed E-state index contributed by atoms with van der Waals surface area (Å²) in [7, 11) is 0. The van der Waals surface area contributed by atoms with Crippen molar-refractivity contribution in [3.05, 3.63) is 33.8 Å². The molecule has 0 spiro atoms. The standard InChI is InChI=1S/C10H11Cl2NO3/c1-2-10(15,16-9(13)14)7-5-6(11)3-4-8(7)12/h3-5,15H,2H2,1H3,(H2,13,14). The molecule has 0 saturated heterocycles. The molecule has 0 aliphatic carbocycles. The Balaban J connectivity index is 3.21. The Morgan fingerprint density at radius 3 is 2.69 bits per heavy atom. The van der Waals surface area contributed by atoms with Gasteiger partial charge in [-0.25, -0.2) is 4.79 Å². The van der Waals surface area contributed by atoms with Gasteiger partial charge in [-0.15, -0.1) is 0 Å². The van der Waals surface area contributed by atoms with Gasteiger partial charge in [0, 0.05) is 17.0 Å². The summed E-state index contributed by atoms with van der Waals surface area (Å²) in [5.41, 5.74) is 5.09. The van der Waals surface area contributed by atoms with Crippen LogP contribution in [0, 0.1) is 0 Å². The molecule has 1 rings (SSSR count). The van der Waals surface area contributed by atoms with Gasteiger partial charge in [0.15, 0.2) is 0 Å². The first kappa shape index (κ1) is 13.1. The highest BCUT2D eigenvalue weighted by Gasteiger charge is 2.33. The van der Waals surface area contributed by atoms with Crippen LogP contribution in [0.15, 0.2) is 18.2 Å². The first-order chi connectivity index (χ1) is 7.39. The summed E-state index contributed by atoms with van der Waals surface area (Å²) in [6.07, 6.45) is -0.976. The summed E-state index contributed by atoms with van der Waals surface area (Å²) in [6.45, 7) is 1.63. The van der Waals surface area contributed by atoms with Crippen molar-refractivity contribution in [2.45, 2.75) is 19.1 Å². The average Bonchev–Trinajstić information content (AvgIpc) is 2.20. The predicted octanol–water partition coefficient (Wildman–Crippen LogP) is 2.64. The first-order valence-corrected chi connectivity index (χ1v) is 5.31. The molecule has 0 aromatic heterocycles. The number of amides is 1. The zero-order valence-electron chi connectivity index (χ0n) is 8.54. The van der Waals surface area contributed by atoms with Gasteiger partial charge in [-0.2, -0.15) is 0 Å². The molecule has 0 aliphatic rings. The summed E-state index contributed by atoms with van der Waals surface area (Å²) in [5, 5.41) is 10.7. The molecule has 1 aromatic rings. The summed E-state index contributed by atoms with van der Waals surface area (Å²) >= 11 is 11.7. The van der Waals surface area contributed by atoms with Gasteiger partial charge >= 0.3 is 6.09 Å². The number of carbonyl (C=O) groups is 1. The van der Waals surface area contributed by atoms with Crippen molar-refractivity contribution >= 4 is 29.3 Å². The number of halogens is 2. The van der Waals surface area contributed by atoms with E-state index in [0.717, 1.165) is 0 Å². The smallest absolute Gasteiger partial charge is 0.407 e. The largest absolute Gasteiger partial charge is 0.413 e. The monoisotopic (exact) mass is 263 g/mol. The van der Waals surface area contributed by atoms with Gasteiger partial charge in [-0.05, 0) is 18.2 Å². The van der Waals surface area contributed by atoms with Crippen molar-refractivity contribution < 1.29 is 14.6 Å². The van der Waals surface area contributed by atoms with Crippen LogP contribution < -0.4 is 5.73 Å². The van der Waals surface area contributed by atoms with E-state index in [4.69, 9.17) is 28.9 Å². The molecule has 0 fully saturated rings. The lowest BCUT2D eigenvalue weighted by Gasteiger charge is -2.26. The minimum atomic E-state index is -1.85. The fourth-order valence-corrected chi connectivity index (χ4v) is 1.72. The Bertz CT molecular complexity index is 411. The molecule has 4 nitrogen and oxygen atoms in total. The SMILES string of the molecule is CCC(O)(OC(N)=O)c1cc(Cl)ccc1Cl. The Kier molecular flexibility index (Phi) is 4.02. The van der Waals surface area contributed by atoms with Crippen molar-refractivity contribution in [3.63, 3.8) is 0 Å². The molecule has 0 saturated carbocycles. The van der Waals surface area contributed by atoms with Crippen LogP contribution in [-0.2, 0) is 10.5 Å². The molecule has 0 aliphatic heterocycles. The molecule has 1 unspecified atom stereocenters. The fraction of sp³-hybridized carbons (Fsp3) is 0.300. The van der Waals surface area contributed by atoms with Gasteiger partial charge in [-0.1, -0.05) is 30.1 Å². The number of ether oxygens (including phenoxy) is 1. The molecule has 3 N–H and O–H groups in total. The third kappa shape index (κ3) is 2.78. The molecular weight excluding hydrogens is 253 g/mol. The summed E-state index contributed by atoms with van der Waals surface area (Å²) in [5.74, 6) is -1.85. The Hall–Kier alpha value is -0.970. The third-order valence-corrected chi connectivity index (χ3v) is 2.66. The second-order valence-electron chi connectivity index (χ2n) is 3.18. The minimum absolute atomic E-state index is 0.107. The lowest BCUT2D eigenvalue weighted by Crippen LogP contribution is -2.34. The predicted molar refractivity (Wildman–Crippen MR) is 61.3 cm³/mol. The maximum atomic E-state index is 10.7. The average molecular weight is 264 g/mol. The van der Waals surface area contributed by atoms with Crippen molar-refractivity contribution in [2.24, 2.45) is 5.73 Å². The Morgan fingerprint density at radius 2 is 2.19 bits per heavy atom. The van der Waals surface area contributed by atoms with E-state index < -0.39 is 11.9 Å². The topological polar surface area (TPSA) is 72.6 Å². The van der Waals surface area contributed by atoms with E-state index in [-0.39, 0.29) is 17.0 Å². The van der Waals surface area contributed by atoms with E-state index in [1.807, 2.05) is 0 Å². The second kappa shape index (κ2) is 4.91. The van der Waals surface area contributed by atoms with E-state index in [2.05, 4.69) is 4.74 Å². The fourth-order valence-electron chi connectivity index (χ4n) is 1.28. The number of carbonyl (C=O) groups excluding carboxylic acids is 1. The van der Waals surface area contributed by atoms with Crippen LogP contribution in [0.5, 0.6) is 0 Å². The van der Waals surface area contributed by atoms with Crippen molar-refractivity contribution in [3.8, 4) is 0 Å². The molecule has 0 radical (unpaired) electrons. The van der Waals surface area contributed by atoms with Crippen molar-refractivity contribution in [1.82, 2.24) is 0 Å². The van der Waals surface area contributed by atoms with Gasteiger partial charge < -0.3 is 15.6 Å². The van der Waals surface area contributed by atoms with E-state index in [9.17, 15) is 9.90 Å². The van der Waals surface area contributed by atoms with Gasteiger partial charge in [0.1, 0.15) is 0 Å². The van der Waals surface area contributed by atoms with E-state index in [0.29, 0.717) is 5.02 Å². The zero-order valence-corrected chi connectivity index (χ0v) is 10.0. The molecule has 1 atom stereocenters. The molecule has 0 heterocycles. The van der Waals surface area contributed by atoms with Gasteiger partial charge in [0.25, 0.3) is 0 Å². The maximum Gasteiger partial charge on any atom is 0.407 e. The molecule has 1 aromatic carbocycles. The highest BCUT2D eigenvalue weighted by molar-refractivity contribution is 6.33. The zero-order chi connectivity index (χ0) is 12.3. The molecule has 1 amide bonds. The van der Waals surface area contributed by atoms with Crippen molar-refractivity contribution in [1.29, 1.82) is 0 Å². The van der Waals surface area contributed by atoms with Gasteiger partial charge in [0.2, 0.25) is 5.79 Å². The molecule has 88 valence electrons. The molecule has 16 heavy (non-hydrogen) atoms. The lowest BCUT2D eigenvalue weighted by molar-refractivity contribution is -0.169. The van der Waals surface area contributed by atoms with Crippen LogP contribution in [0.25, 0.3) is 0 Å². The molecule has 0 bridgehead atoms. The molecule has 6 heteroatoms. The number of benzene rings is 1. The number of rotatable bonds is 3. The van der Waals surface area contributed by atoms with Crippen LogP contribution in [-0.4, -0.2) is 11.2 Å². The lowest BCUT2D eigenvalue weighted by atomic mass is 10.0. The van der Waals surface area contributed by atoms with Crippen LogP contribution in [0.2, 0.25) is 10.0 Å². The normalized spacial score (nSPS) is 14.2. The highest BCUT2D eigenvalue weighted by Crippen LogP contribution is 2.33. The van der Waals surface area contributed by atoms with E-state index >= 15 is 0 Å². The maximum absolute atomic E-state index is 10.7. The number of aliphatic hydroxyl groups is 1. The number of nitrogens with two attached hydrogens (primary N) is 1. The quantitative estimate of drug-likeness (QED) is 0.824. The highest BCUT2D eigenvalue weighted by atomic mass is 35.5. The second-order valence-corrected chi connectivity index (χ2v) is 4.03. The van der Waals surface area contributed by atoms with Crippen LogP contribution in [0.1, 0.15) is 18.9 Å². The van der Waals surface area contributed by atoms with Crippen LogP contribution in [0.3, 0.4) is 0 Å². The minimum Gasteiger partial charge on any atom is -0.413 e. The summed E-state index contributed by atoms with van der Waals surface area (Å²) in [6, 6.07) is 4.49. The number of hydrogen-bond acceptors (Lipinski definition) is 3. The van der Waals surface area contributed by atoms with Gasteiger partial charge in [-0.3, -0.25) is 0 Å². The number of primary amides is 1. The van der Waals surface area contributed by atoms with Crippen molar-refractivity contribution in [2.75, 3.05) is 0 Å². The summed E-state index contributed by atoms with van der Waals surface area (Å²) in [4.78, 5) is 10.7. The summed E-state index contributed by atoms with van der Waals surface area (Å²) < 4.78 is 4.66. The van der Waals surface area contributed by atoms with Gasteiger partial charge in [0.05, 0.1) is 5.02 Å². The first-order valence-electron chi connectivity index (χ1n) is 4.55.